The van der Waals surface area contributed by atoms with Gasteiger partial charge in [-0.2, -0.15) is 0 Å². The average Bonchev–Trinajstić information content (AvgIpc) is 2.37. The molecule has 0 bridgehead atoms. The summed E-state index contributed by atoms with van der Waals surface area (Å²) in [5.41, 5.74) is 2.36. The second-order valence-electron chi connectivity index (χ2n) is 4.67. The molecule has 1 atom stereocenters. The van der Waals surface area contributed by atoms with E-state index in [-0.39, 0.29) is 0 Å². The maximum atomic E-state index is 12.1. The highest BCUT2D eigenvalue weighted by Gasteiger charge is 2.30. The summed E-state index contributed by atoms with van der Waals surface area (Å²) in [6.45, 7) is 5.40. The molecule has 0 N–H and O–H groups in total. The molecule has 0 amide bonds. The van der Waals surface area contributed by atoms with Gasteiger partial charge in [-0.15, -0.1) is 0 Å². The minimum atomic E-state index is -3.60. The number of carbonyl (C=O) groups is 1. The number of para-hydroxylation sites is 1. The predicted octanol–water partition coefficient (Wildman–Crippen LogP) is 2.73. The van der Waals surface area contributed by atoms with Crippen molar-refractivity contribution in [1.82, 2.24) is 0 Å². The quantitative estimate of drug-likeness (QED) is 0.758. The van der Waals surface area contributed by atoms with Crippen molar-refractivity contribution in [3.63, 3.8) is 0 Å². The third-order valence-corrected chi connectivity index (χ3v) is 4.75. The fourth-order valence-electron chi connectivity index (χ4n) is 2.24. The molecule has 1 aromatic rings. The highest BCUT2D eigenvalue weighted by Crippen LogP contribution is 2.31. The van der Waals surface area contributed by atoms with Gasteiger partial charge in [0.05, 0.1) is 11.9 Å². The molecule has 0 spiro atoms. The number of sulfonamides is 1. The number of hydrogen-bond acceptors (Lipinski definition) is 3. The molecular weight excluding hydrogens is 298 g/mol. The summed E-state index contributed by atoms with van der Waals surface area (Å²) in [6, 6.07) is 4.72. The number of carbonyl (C=O) groups excluding carboxylic acids is 1. The Labute approximate surface area is 125 Å². The minimum absolute atomic E-state index is 0.585. The molecular formula is C14H20ClNO3S. The maximum absolute atomic E-state index is 12.1. The molecule has 0 heterocycles. The van der Waals surface area contributed by atoms with Gasteiger partial charge in [0.25, 0.3) is 0 Å². The van der Waals surface area contributed by atoms with Crippen LogP contribution in [0.2, 0.25) is 0 Å². The van der Waals surface area contributed by atoms with Crippen LogP contribution in [0.25, 0.3) is 0 Å². The fourth-order valence-corrected chi connectivity index (χ4v) is 3.63. The molecule has 0 aromatic heterocycles. The van der Waals surface area contributed by atoms with Crippen LogP contribution in [0.3, 0.4) is 0 Å². The second kappa shape index (κ2) is 6.59. The second-order valence-corrected chi connectivity index (χ2v) is 6.90. The van der Waals surface area contributed by atoms with Crippen molar-refractivity contribution in [2.24, 2.45) is 0 Å². The van der Waals surface area contributed by atoms with E-state index in [1.54, 1.807) is 0 Å². The third kappa shape index (κ3) is 3.52. The summed E-state index contributed by atoms with van der Waals surface area (Å²) in [5, 5.41) is -0.691. The van der Waals surface area contributed by atoms with Crippen LogP contribution < -0.4 is 4.31 Å². The fraction of sp³-hybridized carbons (Fsp3) is 0.500. The van der Waals surface area contributed by atoms with E-state index < -0.39 is 21.3 Å². The molecule has 1 aromatic carbocycles. The Bertz CT molecular complexity index is 576. The third-order valence-electron chi connectivity index (χ3n) is 3.22. The van der Waals surface area contributed by atoms with Crippen LogP contribution in [-0.2, 0) is 27.7 Å². The van der Waals surface area contributed by atoms with E-state index >= 15 is 0 Å². The number of rotatable bonds is 6. The molecule has 0 aliphatic heterocycles. The Kier molecular flexibility index (Phi) is 5.59. The molecule has 4 nitrogen and oxygen atoms in total. The molecule has 20 heavy (non-hydrogen) atoms. The number of hydrogen-bond donors (Lipinski definition) is 0. The Morgan fingerprint density at radius 1 is 1.25 bits per heavy atom. The lowest BCUT2D eigenvalue weighted by molar-refractivity contribution is -0.112. The van der Waals surface area contributed by atoms with Gasteiger partial charge in [0.15, 0.2) is 0 Å². The standard InChI is InChI=1S/C14H20ClNO3S/c1-5-11-8-7-9-12(6-2)13(11)16(20(4,18)19)10(3)14(15)17/h7-10H,5-6H2,1-4H3. The SMILES string of the molecule is CCc1cccc(CC)c1N(C(C)C(=O)Cl)S(C)(=O)=O. The van der Waals surface area contributed by atoms with Gasteiger partial charge in [0.2, 0.25) is 15.3 Å². The van der Waals surface area contributed by atoms with Crippen molar-refractivity contribution >= 4 is 32.6 Å². The van der Waals surface area contributed by atoms with Crippen molar-refractivity contribution in [2.45, 2.75) is 39.7 Å². The minimum Gasteiger partial charge on any atom is -0.279 e. The van der Waals surface area contributed by atoms with Crippen molar-refractivity contribution in [1.29, 1.82) is 0 Å². The molecule has 0 radical (unpaired) electrons. The topological polar surface area (TPSA) is 54.5 Å². The molecule has 0 aliphatic rings. The van der Waals surface area contributed by atoms with Gasteiger partial charge < -0.3 is 0 Å². The number of anilines is 1. The lowest BCUT2D eigenvalue weighted by Gasteiger charge is -2.30. The van der Waals surface area contributed by atoms with E-state index in [1.807, 2.05) is 32.0 Å². The number of benzene rings is 1. The number of aryl methyl sites for hydroxylation is 2. The molecule has 1 rings (SSSR count). The zero-order valence-corrected chi connectivity index (χ0v) is 13.8. The summed E-state index contributed by atoms with van der Waals surface area (Å²) in [6.07, 6.45) is 2.45. The summed E-state index contributed by atoms with van der Waals surface area (Å²) in [4.78, 5) is 11.5. The predicted molar refractivity (Wildman–Crippen MR) is 82.8 cm³/mol. The van der Waals surface area contributed by atoms with Crippen LogP contribution in [0, 0.1) is 0 Å². The normalized spacial score (nSPS) is 13.1. The van der Waals surface area contributed by atoms with Gasteiger partial charge >= 0.3 is 0 Å². The van der Waals surface area contributed by atoms with E-state index in [0.29, 0.717) is 18.5 Å². The van der Waals surface area contributed by atoms with Gasteiger partial charge in [-0.3, -0.25) is 9.10 Å². The molecule has 1 unspecified atom stereocenters. The molecule has 0 saturated heterocycles. The Morgan fingerprint density at radius 3 is 2.00 bits per heavy atom. The van der Waals surface area contributed by atoms with Crippen molar-refractivity contribution in [3.05, 3.63) is 29.3 Å². The van der Waals surface area contributed by atoms with Crippen LogP contribution in [0.1, 0.15) is 31.9 Å². The largest absolute Gasteiger partial charge is 0.279 e. The lowest BCUT2D eigenvalue weighted by Crippen LogP contribution is -2.42. The maximum Gasteiger partial charge on any atom is 0.245 e. The van der Waals surface area contributed by atoms with E-state index in [0.717, 1.165) is 21.7 Å². The van der Waals surface area contributed by atoms with Crippen LogP contribution in [0.15, 0.2) is 18.2 Å². The highest BCUT2D eigenvalue weighted by molar-refractivity contribution is 7.92. The van der Waals surface area contributed by atoms with Crippen molar-refractivity contribution < 1.29 is 13.2 Å². The smallest absolute Gasteiger partial charge is 0.245 e. The average molecular weight is 318 g/mol. The van der Waals surface area contributed by atoms with Gasteiger partial charge in [-0.25, -0.2) is 8.42 Å². The van der Waals surface area contributed by atoms with E-state index in [9.17, 15) is 13.2 Å². The molecule has 6 heteroatoms. The summed E-state index contributed by atoms with van der Waals surface area (Å²) >= 11 is 5.52. The van der Waals surface area contributed by atoms with Gasteiger partial charge in [0.1, 0.15) is 6.04 Å². The summed E-state index contributed by atoms with van der Waals surface area (Å²) in [7, 11) is -3.60. The summed E-state index contributed by atoms with van der Waals surface area (Å²) < 4.78 is 25.4. The number of nitrogens with zero attached hydrogens (tertiary/aromatic N) is 1. The van der Waals surface area contributed by atoms with E-state index in [2.05, 4.69) is 0 Å². The highest BCUT2D eigenvalue weighted by atomic mass is 35.5. The first kappa shape index (κ1) is 17.0. The van der Waals surface area contributed by atoms with Gasteiger partial charge in [-0.1, -0.05) is 32.0 Å². The van der Waals surface area contributed by atoms with Crippen molar-refractivity contribution in [2.75, 3.05) is 10.6 Å². The Balaban J connectivity index is 3.61. The zero-order chi connectivity index (χ0) is 15.5. The first-order chi connectivity index (χ1) is 9.23. The van der Waals surface area contributed by atoms with Gasteiger partial charge in [-0.05, 0) is 42.5 Å². The Morgan fingerprint density at radius 2 is 1.70 bits per heavy atom. The van der Waals surface area contributed by atoms with E-state index in [1.165, 1.54) is 6.92 Å². The Hall–Kier alpha value is -1.07. The van der Waals surface area contributed by atoms with E-state index in [4.69, 9.17) is 11.6 Å². The monoisotopic (exact) mass is 317 g/mol. The summed E-state index contributed by atoms with van der Waals surface area (Å²) in [5.74, 6) is 0. The molecule has 0 aliphatic carbocycles. The van der Waals surface area contributed by atoms with Crippen molar-refractivity contribution in [3.8, 4) is 0 Å². The molecule has 0 fully saturated rings. The molecule has 0 saturated carbocycles. The molecule has 112 valence electrons. The first-order valence-corrected chi connectivity index (χ1v) is 8.76. The van der Waals surface area contributed by atoms with Crippen LogP contribution in [0.4, 0.5) is 5.69 Å². The first-order valence-electron chi connectivity index (χ1n) is 6.53. The number of halogens is 1. The van der Waals surface area contributed by atoms with Crippen LogP contribution >= 0.6 is 11.6 Å². The van der Waals surface area contributed by atoms with Crippen LogP contribution in [0.5, 0.6) is 0 Å². The van der Waals surface area contributed by atoms with Crippen LogP contribution in [-0.4, -0.2) is 26.0 Å². The lowest BCUT2D eigenvalue weighted by atomic mass is 10.0. The van der Waals surface area contributed by atoms with Gasteiger partial charge in [0, 0.05) is 0 Å². The zero-order valence-electron chi connectivity index (χ0n) is 12.2.